The average Bonchev–Trinajstić information content (AvgIpc) is 3.43. The monoisotopic (exact) mass is 539 g/mol. The molecular weight excluding hydrogens is 497 g/mol. The quantitative estimate of drug-likeness (QED) is 0.132. The number of hydrogen-bond donors (Lipinski definition) is 4. The molecule has 176 valence electrons. The summed E-state index contributed by atoms with van der Waals surface area (Å²) in [5.74, 6) is 0.824. The first-order valence-corrected chi connectivity index (χ1v) is 11.0. The molecule has 0 heterocycles. The van der Waals surface area contributed by atoms with Crippen LogP contribution < -0.4 is 21.3 Å². The molecule has 0 radical (unpaired) electrons. The number of carbonyl (C=O) groups is 2. The molecule has 1 saturated carbocycles. The molecular formula is C21H42IN5O3. The third kappa shape index (κ3) is 15.6. The van der Waals surface area contributed by atoms with E-state index in [1.165, 1.54) is 0 Å². The van der Waals surface area contributed by atoms with Crippen molar-refractivity contribution in [3.05, 3.63) is 0 Å². The predicted molar refractivity (Wildman–Crippen MR) is 132 cm³/mol. The number of hydrogen-bond acceptors (Lipinski definition) is 4. The van der Waals surface area contributed by atoms with E-state index in [1.807, 2.05) is 27.7 Å². The zero-order valence-corrected chi connectivity index (χ0v) is 21.6. The molecule has 1 rings (SSSR count). The van der Waals surface area contributed by atoms with Crippen LogP contribution in [0.15, 0.2) is 4.99 Å². The maximum Gasteiger partial charge on any atom is 0.407 e. The Labute approximate surface area is 199 Å². The zero-order valence-electron chi connectivity index (χ0n) is 19.3. The minimum Gasteiger partial charge on any atom is -0.444 e. The summed E-state index contributed by atoms with van der Waals surface area (Å²) in [6, 6.07) is 0.459. The molecule has 0 aromatic carbocycles. The fourth-order valence-corrected chi connectivity index (χ4v) is 2.67. The molecule has 8 nitrogen and oxygen atoms in total. The van der Waals surface area contributed by atoms with Gasteiger partial charge in [-0.2, -0.15) is 0 Å². The van der Waals surface area contributed by atoms with Crippen molar-refractivity contribution in [3.63, 3.8) is 0 Å². The van der Waals surface area contributed by atoms with Crippen molar-refractivity contribution in [1.29, 1.82) is 0 Å². The zero-order chi connectivity index (χ0) is 21.7. The largest absolute Gasteiger partial charge is 0.444 e. The minimum atomic E-state index is -0.515. The highest BCUT2D eigenvalue weighted by Crippen LogP contribution is 2.18. The second kappa shape index (κ2) is 15.5. The number of carbonyl (C=O) groups excluding carboxylic acids is 2. The molecule has 0 saturated heterocycles. The maximum atomic E-state index is 12.0. The number of guanidine groups is 1. The summed E-state index contributed by atoms with van der Waals surface area (Å²) >= 11 is 0. The van der Waals surface area contributed by atoms with Crippen molar-refractivity contribution in [2.24, 2.45) is 4.99 Å². The molecule has 0 aromatic rings. The number of aliphatic imine (C=N–C) groups is 1. The highest BCUT2D eigenvalue weighted by molar-refractivity contribution is 14.0. The minimum absolute atomic E-state index is 0. The summed E-state index contributed by atoms with van der Waals surface area (Å²) in [5.41, 5.74) is -0.515. The molecule has 0 aromatic heterocycles. The lowest BCUT2D eigenvalue weighted by atomic mass is 10.1. The second-order valence-electron chi connectivity index (χ2n) is 8.57. The van der Waals surface area contributed by atoms with Gasteiger partial charge in [0.05, 0.1) is 0 Å². The fraction of sp³-hybridized carbons (Fsp3) is 0.857. The van der Waals surface area contributed by atoms with Gasteiger partial charge in [-0.25, -0.2) is 4.79 Å². The maximum absolute atomic E-state index is 12.0. The van der Waals surface area contributed by atoms with Gasteiger partial charge in [0.2, 0.25) is 5.91 Å². The summed E-state index contributed by atoms with van der Waals surface area (Å²) in [4.78, 5) is 28.3. The third-order valence-corrected chi connectivity index (χ3v) is 4.26. The molecule has 0 spiro atoms. The van der Waals surface area contributed by atoms with E-state index in [0.717, 1.165) is 38.6 Å². The lowest BCUT2D eigenvalue weighted by molar-refractivity contribution is -0.121. The van der Waals surface area contributed by atoms with Crippen LogP contribution in [-0.2, 0) is 9.53 Å². The van der Waals surface area contributed by atoms with Crippen LogP contribution in [0.25, 0.3) is 0 Å². The molecule has 1 aliphatic carbocycles. The Morgan fingerprint density at radius 3 is 2.40 bits per heavy atom. The van der Waals surface area contributed by atoms with Crippen molar-refractivity contribution < 1.29 is 14.3 Å². The predicted octanol–water partition coefficient (Wildman–Crippen LogP) is 3.30. The first kappa shape index (κ1) is 28.7. The Morgan fingerprint density at radius 1 is 1.13 bits per heavy atom. The van der Waals surface area contributed by atoms with E-state index in [9.17, 15) is 9.59 Å². The van der Waals surface area contributed by atoms with Crippen molar-refractivity contribution in [1.82, 2.24) is 21.3 Å². The summed E-state index contributed by atoms with van der Waals surface area (Å²) in [5, 5.41) is 12.5. The van der Waals surface area contributed by atoms with Gasteiger partial charge in [-0.05, 0) is 53.4 Å². The number of halogens is 1. The van der Waals surface area contributed by atoms with E-state index in [1.54, 1.807) is 0 Å². The number of nitrogens with one attached hydrogen (secondary N) is 4. The van der Waals surface area contributed by atoms with Crippen LogP contribution in [0.2, 0.25) is 0 Å². The summed E-state index contributed by atoms with van der Waals surface area (Å²) in [6.07, 6.45) is 6.06. The van der Waals surface area contributed by atoms with Crippen molar-refractivity contribution >= 4 is 41.9 Å². The van der Waals surface area contributed by atoms with E-state index in [2.05, 4.69) is 33.2 Å². The molecule has 4 N–H and O–H groups in total. The van der Waals surface area contributed by atoms with Crippen molar-refractivity contribution in [3.8, 4) is 0 Å². The first-order chi connectivity index (χ1) is 13.7. The lowest BCUT2D eigenvalue weighted by Gasteiger charge is -2.24. The normalized spacial score (nSPS) is 14.9. The van der Waals surface area contributed by atoms with Gasteiger partial charge in [0, 0.05) is 38.1 Å². The lowest BCUT2D eigenvalue weighted by Crippen LogP contribution is -2.49. The summed E-state index contributed by atoms with van der Waals surface area (Å²) < 4.78 is 5.32. The number of alkyl carbamates (subject to hydrolysis) is 1. The van der Waals surface area contributed by atoms with E-state index in [4.69, 9.17) is 4.74 Å². The second-order valence-corrected chi connectivity index (χ2v) is 8.57. The molecule has 1 aliphatic rings. The molecule has 1 unspecified atom stereocenters. The number of amides is 2. The molecule has 30 heavy (non-hydrogen) atoms. The van der Waals surface area contributed by atoms with E-state index >= 15 is 0 Å². The number of rotatable bonds is 12. The number of nitrogens with zero attached hydrogens (tertiary/aromatic N) is 1. The first-order valence-electron chi connectivity index (χ1n) is 11.0. The Kier molecular flexibility index (Phi) is 14.9. The van der Waals surface area contributed by atoms with Gasteiger partial charge in [-0.1, -0.05) is 19.8 Å². The highest BCUT2D eigenvalue weighted by atomic mass is 127. The smallest absolute Gasteiger partial charge is 0.407 e. The van der Waals surface area contributed by atoms with Gasteiger partial charge in [0.1, 0.15) is 5.60 Å². The highest BCUT2D eigenvalue weighted by Gasteiger charge is 2.22. The molecule has 0 aliphatic heterocycles. The van der Waals surface area contributed by atoms with Crippen LogP contribution in [0.4, 0.5) is 4.79 Å². The summed E-state index contributed by atoms with van der Waals surface area (Å²) in [7, 11) is 0. The van der Waals surface area contributed by atoms with Crippen LogP contribution in [0.3, 0.4) is 0 Å². The summed E-state index contributed by atoms with van der Waals surface area (Å²) in [6.45, 7) is 11.5. The Balaban J connectivity index is 0.00000841. The van der Waals surface area contributed by atoms with Gasteiger partial charge in [-0.15, -0.1) is 24.0 Å². The molecule has 1 fully saturated rings. The van der Waals surface area contributed by atoms with Gasteiger partial charge in [0.15, 0.2) is 5.96 Å². The van der Waals surface area contributed by atoms with Crippen LogP contribution in [0.5, 0.6) is 0 Å². The number of ether oxygens (including phenoxy) is 1. The van der Waals surface area contributed by atoms with Crippen molar-refractivity contribution in [2.45, 2.75) is 97.2 Å². The van der Waals surface area contributed by atoms with Gasteiger partial charge >= 0.3 is 6.09 Å². The van der Waals surface area contributed by atoms with Gasteiger partial charge in [0.25, 0.3) is 0 Å². The Hall–Kier alpha value is -1.26. The standard InChI is InChI=1S/C21H41N5O3.HI/c1-6-8-10-17(15-24-20(28)29-21(3,4)5)26-19(22-7-2)23-14-9-11-18(27)25-16-12-13-16;/h16-17H,6-15H2,1-5H3,(H,24,28)(H,25,27)(H2,22,23,26);1H. The van der Waals surface area contributed by atoms with Crippen LogP contribution in [0, 0.1) is 0 Å². The van der Waals surface area contributed by atoms with Crippen LogP contribution in [-0.4, -0.2) is 55.3 Å². The van der Waals surface area contributed by atoms with Gasteiger partial charge < -0.3 is 26.0 Å². The van der Waals surface area contributed by atoms with E-state index in [0.29, 0.717) is 37.9 Å². The van der Waals surface area contributed by atoms with E-state index < -0.39 is 11.7 Å². The van der Waals surface area contributed by atoms with Gasteiger partial charge in [-0.3, -0.25) is 9.79 Å². The number of unbranched alkanes of at least 4 members (excludes halogenated alkanes) is 1. The fourth-order valence-electron chi connectivity index (χ4n) is 2.67. The van der Waals surface area contributed by atoms with E-state index in [-0.39, 0.29) is 35.9 Å². The van der Waals surface area contributed by atoms with Crippen molar-refractivity contribution in [2.75, 3.05) is 19.6 Å². The average molecular weight is 540 g/mol. The van der Waals surface area contributed by atoms with Crippen LogP contribution >= 0.6 is 24.0 Å². The van der Waals surface area contributed by atoms with Crippen LogP contribution in [0.1, 0.15) is 79.6 Å². The third-order valence-electron chi connectivity index (χ3n) is 4.26. The Morgan fingerprint density at radius 2 is 1.83 bits per heavy atom. The molecule has 0 bridgehead atoms. The molecule has 1 atom stereocenters. The Bertz CT molecular complexity index is 533. The molecule has 9 heteroatoms. The SMILES string of the molecule is CCCCC(CNC(=O)OC(C)(C)C)NC(=NCCCC(=O)NC1CC1)NCC.I. The topological polar surface area (TPSA) is 104 Å². The molecule has 2 amide bonds.